The zero-order valence-corrected chi connectivity index (χ0v) is 13.8. The topological polar surface area (TPSA) is 42.4 Å². The van der Waals surface area contributed by atoms with E-state index in [0.717, 1.165) is 11.4 Å². The van der Waals surface area contributed by atoms with Crippen molar-refractivity contribution >= 4 is 28.9 Å². The van der Waals surface area contributed by atoms with Gasteiger partial charge in [-0.15, -0.1) is 0 Å². The van der Waals surface area contributed by atoms with Gasteiger partial charge in [0.25, 0.3) is 0 Å². The molecule has 0 N–H and O–H groups in total. The summed E-state index contributed by atoms with van der Waals surface area (Å²) in [5.41, 5.74) is 2.32. The van der Waals surface area contributed by atoms with E-state index in [1.54, 1.807) is 12.1 Å². The van der Waals surface area contributed by atoms with Crippen LogP contribution in [0.15, 0.2) is 30.3 Å². The molecule has 1 aromatic carbocycles. The maximum Gasteiger partial charge on any atom is 0.356 e. The smallest absolute Gasteiger partial charge is 0.356 e. The average molecular weight is 335 g/mol. The van der Waals surface area contributed by atoms with Crippen LogP contribution in [0.25, 0.3) is 0 Å². The number of ether oxygens (including phenoxy) is 1. The molecule has 0 saturated carbocycles. The molecule has 0 fully saturated rings. The van der Waals surface area contributed by atoms with E-state index in [4.69, 9.17) is 16.3 Å². The van der Waals surface area contributed by atoms with E-state index in [1.165, 1.54) is 19.2 Å². The maximum atomic E-state index is 13.8. The summed E-state index contributed by atoms with van der Waals surface area (Å²) in [5, 5.41) is 0.0894. The molecule has 120 valence electrons. The summed E-state index contributed by atoms with van der Waals surface area (Å²) < 4.78 is 18.5. The minimum atomic E-state index is -0.473. The summed E-state index contributed by atoms with van der Waals surface area (Å²) in [6, 6.07) is 8.14. The molecule has 4 nitrogen and oxygen atoms in total. The van der Waals surface area contributed by atoms with Crippen LogP contribution in [0.2, 0.25) is 5.02 Å². The second-order valence-corrected chi connectivity index (χ2v) is 6.53. The van der Waals surface area contributed by atoms with Crippen molar-refractivity contribution < 1.29 is 13.9 Å². The van der Waals surface area contributed by atoms with Crippen molar-refractivity contribution in [2.75, 3.05) is 18.6 Å². The molecule has 0 unspecified atom stereocenters. The Morgan fingerprint density at radius 2 is 2.09 bits per heavy atom. The number of hydrogen-bond acceptors (Lipinski definition) is 4. The summed E-state index contributed by atoms with van der Waals surface area (Å²) in [6.07, 6.45) is 0. The molecule has 2 heterocycles. The molecule has 1 aliphatic heterocycles. The van der Waals surface area contributed by atoms with E-state index >= 15 is 0 Å². The second kappa shape index (κ2) is 5.49. The molecular weight excluding hydrogens is 319 g/mol. The largest absolute Gasteiger partial charge is 0.464 e. The Labute approximate surface area is 138 Å². The van der Waals surface area contributed by atoms with Gasteiger partial charge in [0.2, 0.25) is 0 Å². The third kappa shape index (κ3) is 2.65. The van der Waals surface area contributed by atoms with Gasteiger partial charge >= 0.3 is 5.97 Å². The lowest BCUT2D eigenvalue weighted by atomic mass is 9.91. The number of esters is 1. The van der Waals surface area contributed by atoms with Gasteiger partial charge in [0.1, 0.15) is 11.5 Å². The minimum absolute atomic E-state index is 0.0894. The first-order chi connectivity index (χ1) is 10.8. The van der Waals surface area contributed by atoms with Crippen LogP contribution in [0.4, 0.5) is 15.8 Å². The fourth-order valence-electron chi connectivity index (χ4n) is 2.82. The number of rotatable bonds is 2. The molecule has 1 aliphatic rings. The van der Waals surface area contributed by atoms with Crippen LogP contribution in [-0.2, 0) is 10.2 Å². The van der Waals surface area contributed by atoms with Gasteiger partial charge < -0.3 is 9.64 Å². The highest BCUT2D eigenvalue weighted by Crippen LogP contribution is 2.43. The summed E-state index contributed by atoms with van der Waals surface area (Å²) in [5.74, 6) is -0.936. The van der Waals surface area contributed by atoms with Crippen molar-refractivity contribution in [1.82, 2.24) is 4.98 Å². The minimum Gasteiger partial charge on any atom is -0.464 e. The zero-order valence-electron chi connectivity index (χ0n) is 13.1. The number of aromatic nitrogens is 1. The first kappa shape index (κ1) is 15.7. The summed E-state index contributed by atoms with van der Waals surface area (Å²) in [4.78, 5) is 18.1. The molecule has 0 spiro atoms. The average Bonchev–Trinajstić information content (AvgIpc) is 2.80. The third-order valence-corrected chi connectivity index (χ3v) is 4.28. The van der Waals surface area contributed by atoms with Crippen molar-refractivity contribution in [1.29, 1.82) is 0 Å². The highest BCUT2D eigenvalue weighted by molar-refractivity contribution is 6.30. The summed E-state index contributed by atoms with van der Waals surface area (Å²) in [6.45, 7) is 4.69. The van der Waals surface area contributed by atoms with E-state index in [-0.39, 0.29) is 16.1 Å². The first-order valence-corrected chi connectivity index (χ1v) is 7.54. The quantitative estimate of drug-likeness (QED) is 0.776. The Morgan fingerprint density at radius 3 is 2.74 bits per heavy atom. The lowest BCUT2D eigenvalue weighted by Crippen LogP contribution is -2.25. The third-order valence-electron chi connectivity index (χ3n) is 3.97. The second-order valence-electron chi connectivity index (χ2n) is 6.12. The number of carbonyl (C=O) groups is 1. The molecule has 0 aliphatic carbocycles. The monoisotopic (exact) mass is 334 g/mol. The maximum absolute atomic E-state index is 13.8. The number of fused-ring (bicyclic) bond motifs is 1. The molecule has 2 aromatic rings. The number of benzene rings is 1. The molecule has 0 amide bonds. The van der Waals surface area contributed by atoms with Crippen LogP contribution < -0.4 is 4.90 Å². The number of carbonyl (C=O) groups excluding carboxylic acids is 1. The van der Waals surface area contributed by atoms with Crippen molar-refractivity contribution in [2.45, 2.75) is 19.3 Å². The van der Waals surface area contributed by atoms with Gasteiger partial charge in [-0.25, -0.2) is 14.2 Å². The van der Waals surface area contributed by atoms with Crippen molar-refractivity contribution in [3.05, 3.63) is 52.6 Å². The number of nitrogens with zero attached hydrogens (tertiary/aromatic N) is 2. The van der Waals surface area contributed by atoms with E-state index < -0.39 is 11.8 Å². The van der Waals surface area contributed by atoms with Crippen molar-refractivity contribution in [2.24, 2.45) is 0 Å². The van der Waals surface area contributed by atoms with Gasteiger partial charge in [0.05, 0.1) is 23.5 Å². The van der Waals surface area contributed by atoms with Crippen LogP contribution in [-0.4, -0.2) is 24.6 Å². The van der Waals surface area contributed by atoms with E-state index in [1.807, 2.05) is 24.8 Å². The van der Waals surface area contributed by atoms with Gasteiger partial charge in [0, 0.05) is 17.6 Å². The normalized spacial score (nSPS) is 15.4. The lowest BCUT2D eigenvalue weighted by molar-refractivity contribution is 0.0593. The van der Waals surface area contributed by atoms with Gasteiger partial charge in [-0.2, -0.15) is 0 Å². The number of hydrogen-bond donors (Lipinski definition) is 0. The number of pyridine rings is 1. The SMILES string of the molecule is COC(=O)c1ccc2c(n1)C(C)(C)CN2c1ccc(Cl)c(F)c1. The fourth-order valence-corrected chi connectivity index (χ4v) is 2.94. The molecule has 0 radical (unpaired) electrons. The Morgan fingerprint density at radius 1 is 1.35 bits per heavy atom. The van der Waals surface area contributed by atoms with Crippen LogP contribution in [0.1, 0.15) is 30.0 Å². The van der Waals surface area contributed by atoms with Crippen molar-refractivity contribution in [3.8, 4) is 0 Å². The van der Waals surface area contributed by atoms with Crippen molar-refractivity contribution in [3.63, 3.8) is 0 Å². The molecular formula is C17H16ClFN2O2. The van der Waals surface area contributed by atoms with E-state index in [2.05, 4.69) is 4.98 Å². The number of methoxy groups -OCH3 is 1. The molecule has 6 heteroatoms. The van der Waals surface area contributed by atoms with Gasteiger partial charge in [-0.1, -0.05) is 25.4 Å². The van der Waals surface area contributed by atoms with E-state index in [0.29, 0.717) is 12.2 Å². The Hall–Kier alpha value is -2.14. The first-order valence-electron chi connectivity index (χ1n) is 7.16. The zero-order chi connectivity index (χ0) is 16.8. The summed E-state index contributed by atoms with van der Waals surface area (Å²) >= 11 is 5.76. The molecule has 0 atom stereocenters. The van der Waals surface area contributed by atoms with Crippen LogP contribution >= 0.6 is 11.6 Å². The molecule has 3 rings (SSSR count). The fraction of sp³-hybridized carbons (Fsp3) is 0.294. The van der Waals surface area contributed by atoms with E-state index in [9.17, 15) is 9.18 Å². The Bertz CT molecular complexity index is 792. The van der Waals surface area contributed by atoms with Gasteiger partial charge in [0.15, 0.2) is 0 Å². The highest BCUT2D eigenvalue weighted by Gasteiger charge is 2.38. The van der Waals surface area contributed by atoms with Crippen LogP contribution in [0.5, 0.6) is 0 Å². The molecule has 0 bridgehead atoms. The standard InChI is InChI=1S/C17H16ClFN2O2/c1-17(2)9-21(10-4-5-11(18)12(19)8-10)14-7-6-13(16(22)23-3)20-15(14)17/h4-8H,9H2,1-3H3. The number of anilines is 2. The van der Waals surface area contributed by atoms with Crippen LogP contribution in [0, 0.1) is 5.82 Å². The van der Waals surface area contributed by atoms with Gasteiger partial charge in [-0.3, -0.25) is 0 Å². The summed E-state index contributed by atoms with van der Waals surface area (Å²) in [7, 11) is 1.32. The highest BCUT2D eigenvalue weighted by atomic mass is 35.5. The van der Waals surface area contributed by atoms with Gasteiger partial charge in [-0.05, 0) is 30.3 Å². The number of halogens is 2. The van der Waals surface area contributed by atoms with Crippen LogP contribution in [0.3, 0.4) is 0 Å². The Kier molecular flexibility index (Phi) is 3.76. The Balaban J connectivity index is 2.08. The predicted molar refractivity (Wildman–Crippen MR) is 87.0 cm³/mol. The lowest BCUT2D eigenvalue weighted by Gasteiger charge is -2.22. The molecule has 0 saturated heterocycles. The molecule has 1 aromatic heterocycles. The predicted octanol–water partition coefficient (Wildman–Crippen LogP) is 4.09. The molecule has 23 heavy (non-hydrogen) atoms.